The van der Waals surface area contributed by atoms with Crippen LogP contribution in [-0.2, 0) is 14.4 Å². The van der Waals surface area contributed by atoms with Crippen LogP contribution in [0.4, 0.5) is 0 Å². The first kappa shape index (κ1) is 23.0. The molecule has 0 aromatic carbocycles. The van der Waals surface area contributed by atoms with E-state index < -0.39 is 46.8 Å². The minimum atomic E-state index is -2.14. The third-order valence-corrected chi connectivity index (χ3v) is 5.76. The Balaban J connectivity index is 3.21. The van der Waals surface area contributed by atoms with Crippen molar-refractivity contribution in [3.63, 3.8) is 0 Å². The van der Waals surface area contributed by atoms with Gasteiger partial charge in [0.05, 0.1) is 12.0 Å². The molecule has 1 fully saturated rings. The Hall–Kier alpha value is -1.07. The Morgan fingerprint density at radius 1 is 1.04 bits per heavy atom. The summed E-state index contributed by atoms with van der Waals surface area (Å²) in [6.45, 7) is 11.5. The number of hydrogen-bond acceptors (Lipinski definition) is 5. The lowest BCUT2D eigenvalue weighted by atomic mass is 9.78. The van der Waals surface area contributed by atoms with Crippen LogP contribution in [0, 0.1) is 29.6 Å². The molecule has 0 saturated heterocycles. The lowest BCUT2D eigenvalue weighted by molar-refractivity contribution is -0.158. The normalized spacial score (nSPS) is 28.8. The molecular formula is C21H36O5. The maximum absolute atomic E-state index is 13.0. The summed E-state index contributed by atoms with van der Waals surface area (Å²) in [5, 5.41) is 21.8. The zero-order valence-corrected chi connectivity index (χ0v) is 17.1. The van der Waals surface area contributed by atoms with E-state index in [1.165, 1.54) is 0 Å². The number of ketones is 3. The minimum Gasteiger partial charge on any atom is -0.390 e. The van der Waals surface area contributed by atoms with Crippen LogP contribution in [-0.4, -0.2) is 39.3 Å². The van der Waals surface area contributed by atoms with Gasteiger partial charge in [-0.25, -0.2) is 0 Å². The number of hydrogen-bond donors (Lipinski definition) is 2. The van der Waals surface area contributed by atoms with Crippen LogP contribution in [0.15, 0.2) is 0 Å². The number of rotatable bonds is 10. The molecule has 1 saturated carbocycles. The Labute approximate surface area is 157 Å². The maximum atomic E-state index is 13.0. The zero-order chi connectivity index (χ0) is 20.2. The van der Waals surface area contributed by atoms with Gasteiger partial charge in [0.25, 0.3) is 0 Å². The summed E-state index contributed by atoms with van der Waals surface area (Å²) in [6, 6.07) is 0. The Morgan fingerprint density at radius 3 is 2.04 bits per heavy atom. The van der Waals surface area contributed by atoms with E-state index in [0.29, 0.717) is 37.5 Å². The molecular weight excluding hydrogens is 332 g/mol. The van der Waals surface area contributed by atoms with E-state index in [-0.39, 0.29) is 6.42 Å². The summed E-state index contributed by atoms with van der Waals surface area (Å²) in [7, 11) is 0. The molecule has 5 atom stereocenters. The number of aliphatic hydroxyl groups excluding tert-OH is 1. The number of carbonyl (C=O) groups is 3. The summed E-state index contributed by atoms with van der Waals surface area (Å²) in [5.74, 6) is -3.99. The molecule has 1 rings (SSSR count). The summed E-state index contributed by atoms with van der Waals surface area (Å²) in [4.78, 5) is 38.5. The molecule has 0 aromatic heterocycles. The molecule has 0 radical (unpaired) electrons. The summed E-state index contributed by atoms with van der Waals surface area (Å²) in [6.07, 6.45) is 1.02. The summed E-state index contributed by atoms with van der Waals surface area (Å²) in [5.41, 5.74) is -2.14. The van der Waals surface area contributed by atoms with Crippen LogP contribution < -0.4 is 0 Å². The van der Waals surface area contributed by atoms with Crippen LogP contribution in [0.1, 0.15) is 73.6 Å². The molecule has 0 aliphatic heterocycles. The second kappa shape index (κ2) is 9.23. The van der Waals surface area contributed by atoms with Crippen LogP contribution in [0.2, 0.25) is 0 Å². The van der Waals surface area contributed by atoms with Crippen molar-refractivity contribution in [2.24, 2.45) is 29.6 Å². The van der Waals surface area contributed by atoms with E-state index in [1.54, 1.807) is 6.92 Å². The van der Waals surface area contributed by atoms with Crippen molar-refractivity contribution >= 4 is 17.3 Å². The first-order valence-electron chi connectivity index (χ1n) is 10.0. The molecule has 2 N–H and O–H groups in total. The molecule has 0 spiro atoms. The van der Waals surface area contributed by atoms with E-state index in [0.717, 1.165) is 0 Å². The average Bonchev–Trinajstić information content (AvgIpc) is 2.76. The Morgan fingerprint density at radius 2 is 1.58 bits per heavy atom. The molecule has 5 nitrogen and oxygen atoms in total. The Kier molecular flexibility index (Phi) is 8.15. The SMILES string of the molecule is CCC(C)C(=O)C1C(=O)C(CCC(C)C)[C@@](O)([C@@H](O)CCC(C)C)C1=O. The summed E-state index contributed by atoms with van der Waals surface area (Å²) < 4.78 is 0. The molecule has 0 heterocycles. The third kappa shape index (κ3) is 4.61. The topological polar surface area (TPSA) is 91.7 Å². The highest BCUT2D eigenvalue weighted by Gasteiger charge is 2.64. The van der Waals surface area contributed by atoms with Crippen LogP contribution in [0.5, 0.6) is 0 Å². The molecule has 1 aliphatic carbocycles. The second-order valence-electron chi connectivity index (χ2n) is 8.75. The largest absolute Gasteiger partial charge is 0.390 e. The van der Waals surface area contributed by atoms with Gasteiger partial charge in [-0.2, -0.15) is 0 Å². The number of carbonyl (C=O) groups excluding carboxylic acids is 3. The maximum Gasteiger partial charge on any atom is 0.185 e. The molecule has 26 heavy (non-hydrogen) atoms. The van der Waals surface area contributed by atoms with Gasteiger partial charge in [-0.15, -0.1) is 0 Å². The molecule has 0 amide bonds. The van der Waals surface area contributed by atoms with E-state index in [2.05, 4.69) is 0 Å². The van der Waals surface area contributed by atoms with Crippen molar-refractivity contribution in [3.05, 3.63) is 0 Å². The van der Waals surface area contributed by atoms with Crippen molar-refractivity contribution < 1.29 is 24.6 Å². The average molecular weight is 369 g/mol. The predicted molar refractivity (Wildman–Crippen MR) is 101 cm³/mol. The van der Waals surface area contributed by atoms with Gasteiger partial charge in [0.15, 0.2) is 23.0 Å². The highest BCUT2D eigenvalue weighted by molar-refractivity contribution is 6.27. The molecule has 5 heteroatoms. The van der Waals surface area contributed by atoms with Gasteiger partial charge in [0, 0.05) is 5.92 Å². The zero-order valence-electron chi connectivity index (χ0n) is 17.1. The standard InChI is InChI=1S/C21H36O5/c1-7-14(6)18(23)17-19(24)15(10-8-12(2)3)21(26,20(17)25)16(22)11-9-13(4)5/h12-17,22,26H,7-11H2,1-6H3/t14?,15?,16-,17?,21+/m0/s1. The van der Waals surface area contributed by atoms with Gasteiger partial charge in [-0.05, 0) is 37.5 Å². The molecule has 0 aromatic rings. The molecule has 0 bridgehead atoms. The highest BCUT2D eigenvalue weighted by atomic mass is 16.4. The quantitative estimate of drug-likeness (QED) is 0.579. The van der Waals surface area contributed by atoms with Crippen molar-refractivity contribution in [3.8, 4) is 0 Å². The van der Waals surface area contributed by atoms with Crippen LogP contribution in [0.25, 0.3) is 0 Å². The fourth-order valence-corrected chi connectivity index (χ4v) is 3.68. The highest BCUT2D eigenvalue weighted by Crippen LogP contribution is 2.42. The van der Waals surface area contributed by atoms with E-state index >= 15 is 0 Å². The summed E-state index contributed by atoms with van der Waals surface area (Å²) >= 11 is 0. The van der Waals surface area contributed by atoms with Gasteiger partial charge in [0.1, 0.15) is 5.92 Å². The Bertz CT molecular complexity index is 524. The number of aliphatic hydroxyl groups is 2. The van der Waals surface area contributed by atoms with E-state index in [4.69, 9.17) is 0 Å². The minimum absolute atomic E-state index is 0.232. The van der Waals surface area contributed by atoms with Crippen molar-refractivity contribution in [2.45, 2.75) is 85.4 Å². The van der Waals surface area contributed by atoms with Crippen LogP contribution >= 0.6 is 0 Å². The molecule has 1 aliphatic rings. The first-order chi connectivity index (χ1) is 12.0. The molecule has 150 valence electrons. The van der Waals surface area contributed by atoms with Crippen LogP contribution in [0.3, 0.4) is 0 Å². The van der Waals surface area contributed by atoms with Gasteiger partial charge >= 0.3 is 0 Å². The van der Waals surface area contributed by atoms with E-state index in [9.17, 15) is 24.6 Å². The third-order valence-electron chi connectivity index (χ3n) is 5.76. The monoisotopic (exact) mass is 368 g/mol. The fraction of sp³-hybridized carbons (Fsp3) is 0.857. The predicted octanol–water partition coefficient (Wildman–Crippen LogP) is 2.95. The van der Waals surface area contributed by atoms with Crippen molar-refractivity contribution in [1.29, 1.82) is 0 Å². The smallest absolute Gasteiger partial charge is 0.185 e. The fourth-order valence-electron chi connectivity index (χ4n) is 3.68. The van der Waals surface area contributed by atoms with Gasteiger partial charge < -0.3 is 10.2 Å². The van der Waals surface area contributed by atoms with Crippen molar-refractivity contribution in [2.75, 3.05) is 0 Å². The second-order valence-corrected chi connectivity index (χ2v) is 8.75. The number of Topliss-reactive ketones (excluding diaryl/α,β-unsaturated/α-hetero) is 3. The first-order valence-corrected chi connectivity index (χ1v) is 10.0. The van der Waals surface area contributed by atoms with Gasteiger partial charge in [-0.1, -0.05) is 48.0 Å². The molecule has 3 unspecified atom stereocenters. The lowest BCUT2D eigenvalue weighted by Crippen LogP contribution is -2.53. The lowest BCUT2D eigenvalue weighted by Gasteiger charge is -2.33. The van der Waals surface area contributed by atoms with Gasteiger partial charge in [0.2, 0.25) is 0 Å². The van der Waals surface area contributed by atoms with Gasteiger partial charge in [-0.3, -0.25) is 14.4 Å². The van der Waals surface area contributed by atoms with Crippen molar-refractivity contribution in [1.82, 2.24) is 0 Å². The van der Waals surface area contributed by atoms with E-state index in [1.807, 2.05) is 34.6 Å².